The molecule has 4 nitrogen and oxygen atoms in total. The van der Waals surface area contributed by atoms with Gasteiger partial charge >= 0.3 is 0 Å². The van der Waals surface area contributed by atoms with Gasteiger partial charge in [0.1, 0.15) is 0 Å². The molecule has 0 spiro atoms. The number of amides is 1. The summed E-state index contributed by atoms with van der Waals surface area (Å²) in [7, 11) is 0. The molecule has 1 saturated carbocycles. The lowest BCUT2D eigenvalue weighted by molar-refractivity contribution is -0.134. The maximum atomic E-state index is 11.9. The van der Waals surface area contributed by atoms with Crippen molar-refractivity contribution in [3.05, 3.63) is 0 Å². The molecule has 0 aromatic heterocycles. The summed E-state index contributed by atoms with van der Waals surface area (Å²) >= 11 is 0. The first-order valence-corrected chi connectivity index (χ1v) is 5.13. The first-order valence-electron chi connectivity index (χ1n) is 5.13. The van der Waals surface area contributed by atoms with Gasteiger partial charge in [0.25, 0.3) is 0 Å². The highest BCUT2D eigenvalue weighted by Gasteiger charge is 2.58. The Balaban J connectivity index is 0.000000750. The molecule has 1 unspecified atom stereocenters. The van der Waals surface area contributed by atoms with Crippen molar-refractivity contribution >= 4 is 18.3 Å². The molecule has 2 heterocycles. The fourth-order valence-corrected chi connectivity index (χ4v) is 2.68. The van der Waals surface area contributed by atoms with Gasteiger partial charge in [-0.05, 0) is 31.3 Å². The van der Waals surface area contributed by atoms with Gasteiger partial charge in [0.15, 0.2) is 0 Å². The lowest BCUT2D eigenvalue weighted by atomic mass is 10.2. The smallest absolute Gasteiger partial charge is 0.240 e. The number of halogens is 1. The molecule has 0 aromatic carbocycles. The van der Waals surface area contributed by atoms with Crippen LogP contribution in [-0.2, 0) is 4.79 Å². The molecular formula is C9H16ClN3O. The molecule has 80 valence electrons. The van der Waals surface area contributed by atoms with Crippen LogP contribution in [0.3, 0.4) is 0 Å². The van der Waals surface area contributed by atoms with Crippen molar-refractivity contribution in [1.29, 1.82) is 0 Å². The van der Waals surface area contributed by atoms with Crippen molar-refractivity contribution in [2.24, 2.45) is 17.8 Å². The molecule has 14 heavy (non-hydrogen) atoms. The normalized spacial score (nSPS) is 39.1. The van der Waals surface area contributed by atoms with Crippen LogP contribution in [0.15, 0.2) is 0 Å². The van der Waals surface area contributed by atoms with Crippen molar-refractivity contribution in [1.82, 2.24) is 15.8 Å². The first-order chi connectivity index (χ1) is 6.38. The van der Waals surface area contributed by atoms with Gasteiger partial charge in [0.2, 0.25) is 5.91 Å². The van der Waals surface area contributed by atoms with Crippen molar-refractivity contribution in [3.8, 4) is 0 Å². The molecule has 0 radical (unpaired) electrons. The Morgan fingerprint density at radius 1 is 1.29 bits per heavy atom. The van der Waals surface area contributed by atoms with Crippen molar-refractivity contribution < 1.29 is 4.79 Å². The fraction of sp³-hybridized carbons (Fsp3) is 0.889. The molecule has 2 saturated heterocycles. The summed E-state index contributed by atoms with van der Waals surface area (Å²) in [5.41, 5.74) is 3.13. The summed E-state index contributed by atoms with van der Waals surface area (Å²) in [6.07, 6.45) is 1.10. The van der Waals surface area contributed by atoms with Gasteiger partial charge in [0.05, 0.1) is 0 Å². The zero-order chi connectivity index (χ0) is 8.84. The Labute approximate surface area is 89.8 Å². The molecule has 3 fully saturated rings. The summed E-state index contributed by atoms with van der Waals surface area (Å²) in [6.45, 7) is 3.97. The van der Waals surface area contributed by atoms with Gasteiger partial charge in [-0.25, -0.2) is 5.43 Å². The number of piperidine rings is 1. The number of nitrogens with zero attached hydrogens (tertiary/aromatic N) is 1. The zero-order valence-corrected chi connectivity index (χ0v) is 8.85. The Morgan fingerprint density at radius 3 is 2.57 bits per heavy atom. The Kier molecular flexibility index (Phi) is 2.68. The second kappa shape index (κ2) is 3.68. The van der Waals surface area contributed by atoms with Crippen LogP contribution in [0.25, 0.3) is 0 Å². The maximum Gasteiger partial charge on any atom is 0.240 e. The summed E-state index contributed by atoms with van der Waals surface area (Å²) in [5.74, 6) is 1.98. The number of fused-ring (bicyclic) bond motifs is 1. The van der Waals surface area contributed by atoms with E-state index in [1.165, 1.54) is 0 Å². The predicted octanol–water partition coefficient (Wildman–Crippen LogP) is -0.389. The van der Waals surface area contributed by atoms with E-state index in [1.54, 1.807) is 0 Å². The molecule has 1 aliphatic carbocycles. The summed E-state index contributed by atoms with van der Waals surface area (Å²) in [5, 5.41) is 5.13. The third kappa shape index (κ3) is 1.42. The van der Waals surface area contributed by atoms with Gasteiger partial charge in [-0.1, -0.05) is 0 Å². The minimum Gasteiger partial charge on any atom is -0.316 e. The van der Waals surface area contributed by atoms with Crippen LogP contribution in [0.4, 0.5) is 0 Å². The quantitative estimate of drug-likeness (QED) is 0.629. The summed E-state index contributed by atoms with van der Waals surface area (Å²) < 4.78 is 0. The van der Waals surface area contributed by atoms with E-state index in [2.05, 4.69) is 10.7 Å². The van der Waals surface area contributed by atoms with Gasteiger partial charge in [-0.15, -0.1) is 12.4 Å². The first kappa shape index (κ1) is 10.2. The van der Waals surface area contributed by atoms with Crippen LogP contribution in [0.2, 0.25) is 0 Å². The topological polar surface area (TPSA) is 44.4 Å². The van der Waals surface area contributed by atoms with Crippen LogP contribution in [0, 0.1) is 17.8 Å². The number of hydrogen-bond donors (Lipinski definition) is 2. The van der Waals surface area contributed by atoms with Gasteiger partial charge in [0, 0.05) is 19.0 Å². The Hall–Kier alpha value is -0.320. The third-order valence-corrected chi connectivity index (χ3v) is 3.50. The number of hydrazine groups is 1. The summed E-state index contributed by atoms with van der Waals surface area (Å²) in [4.78, 5) is 11.9. The second-order valence-electron chi connectivity index (χ2n) is 4.26. The molecule has 3 rings (SSSR count). The number of carbonyl (C=O) groups is 1. The monoisotopic (exact) mass is 217 g/mol. The second-order valence-corrected chi connectivity index (χ2v) is 4.26. The maximum absolute atomic E-state index is 11.9. The van der Waals surface area contributed by atoms with Crippen molar-refractivity contribution in [2.75, 3.05) is 26.2 Å². The molecule has 3 aliphatic rings. The average Bonchev–Trinajstić information content (AvgIpc) is 2.68. The van der Waals surface area contributed by atoms with E-state index >= 15 is 0 Å². The standard InChI is InChI=1S/C9H15N3O.ClH/c13-9(12-3-1-2-11-12)8-6-4-10-5-7(6)8;/h6-8,10-11H,1-5H2;1H/t6-,7+,8?;. The molecule has 0 bridgehead atoms. The predicted molar refractivity (Wildman–Crippen MR) is 54.9 cm³/mol. The van der Waals surface area contributed by atoms with Crippen molar-refractivity contribution in [3.63, 3.8) is 0 Å². The van der Waals surface area contributed by atoms with Crippen molar-refractivity contribution in [2.45, 2.75) is 6.42 Å². The largest absolute Gasteiger partial charge is 0.316 e. The minimum absolute atomic E-state index is 0. The molecule has 3 atom stereocenters. The van der Waals surface area contributed by atoms with Gasteiger partial charge < -0.3 is 5.32 Å². The fourth-order valence-electron chi connectivity index (χ4n) is 2.68. The third-order valence-electron chi connectivity index (χ3n) is 3.50. The molecular weight excluding hydrogens is 202 g/mol. The molecule has 5 heteroatoms. The SMILES string of the molecule is Cl.O=C(C1[C@H]2CNC[C@@H]12)N1CCCN1. The lowest BCUT2D eigenvalue weighted by Crippen LogP contribution is -2.39. The average molecular weight is 218 g/mol. The lowest BCUT2D eigenvalue weighted by Gasteiger charge is -2.16. The molecule has 1 amide bonds. The van der Waals surface area contributed by atoms with Crippen LogP contribution in [-0.4, -0.2) is 37.1 Å². The Morgan fingerprint density at radius 2 is 2.00 bits per heavy atom. The molecule has 0 aromatic rings. The zero-order valence-electron chi connectivity index (χ0n) is 8.03. The highest BCUT2D eigenvalue weighted by atomic mass is 35.5. The van der Waals surface area contributed by atoms with E-state index in [0.29, 0.717) is 23.7 Å². The van der Waals surface area contributed by atoms with Crippen LogP contribution in [0.1, 0.15) is 6.42 Å². The number of nitrogens with one attached hydrogen (secondary N) is 2. The van der Waals surface area contributed by atoms with Crippen LogP contribution < -0.4 is 10.7 Å². The van der Waals surface area contributed by atoms with E-state index in [-0.39, 0.29) is 12.4 Å². The number of hydrogen-bond acceptors (Lipinski definition) is 3. The Bertz CT molecular complexity index is 232. The highest BCUT2D eigenvalue weighted by molar-refractivity contribution is 5.85. The van der Waals surface area contributed by atoms with E-state index in [0.717, 1.165) is 32.6 Å². The minimum atomic E-state index is 0. The number of carbonyl (C=O) groups excluding carboxylic acids is 1. The van der Waals surface area contributed by atoms with E-state index in [1.807, 2.05) is 5.01 Å². The van der Waals surface area contributed by atoms with E-state index in [9.17, 15) is 4.79 Å². The van der Waals surface area contributed by atoms with Gasteiger partial charge in [-0.3, -0.25) is 9.80 Å². The highest BCUT2D eigenvalue weighted by Crippen LogP contribution is 2.49. The van der Waals surface area contributed by atoms with Gasteiger partial charge in [-0.2, -0.15) is 0 Å². The molecule has 2 aliphatic heterocycles. The molecule has 2 N–H and O–H groups in total. The number of rotatable bonds is 1. The van der Waals surface area contributed by atoms with E-state index < -0.39 is 0 Å². The van der Waals surface area contributed by atoms with E-state index in [4.69, 9.17) is 0 Å². The van der Waals surface area contributed by atoms with Crippen LogP contribution in [0.5, 0.6) is 0 Å². The van der Waals surface area contributed by atoms with Crippen LogP contribution >= 0.6 is 12.4 Å². The summed E-state index contributed by atoms with van der Waals surface area (Å²) in [6, 6.07) is 0.